The second kappa shape index (κ2) is 3.96. The number of rotatable bonds is 3. The van der Waals surface area contributed by atoms with Crippen molar-refractivity contribution in [2.24, 2.45) is 0 Å². The lowest BCUT2D eigenvalue weighted by Gasteiger charge is -1.96. The van der Waals surface area contributed by atoms with E-state index in [0.29, 0.717) is 0 Å². The molecule has 0 bridgehead atoms. The summed E-state index contributed by atoms with van der Waals surface area (Å²) >= 11 is 0. The molecule has 0 aliphatic carbocycles. The van der Waals surface area contributed by atoms with Crippen LogP contribution in [-0.2, 0) is 11.5 Å². The molecule has 11 heavy (non-hydrogen) atoms. The first-order chi connectivity index (χ1) is 5.33. The maximum absolute atomic E-state index is 10.6. The fourth-order valence-corrected chi connectivity index (χ4v) is 0.940. The lowest BCUT2D eigenvalue weighted by molar-refractivity contribution is 0.337. The molecule has 59 valence electrons. The highest BCUT2D eigenvalue weighted by Gasteiger charge is 1.93. The van der Waals surface area contributed by atoms with Crippen LogP contribution < -0.4 is 0 Å². The standard InChI is InChI=1S/C9H12NO/c1-2-3-4-8-5-6-9(11)10-7-8/h5-7H,2-4H2,1H3. The molecule has 0 aliphatic rings. The summed E-state index contributed by atoms with van der Waals surface area (Å²) in [5.74, 6) is -0.148. The minimum absolute atomic E-state index is 0.148. The summed E-state index contributed by atoms with van der Waals surface area (Å²) in [6.45, 7) is 2.15. The third kappa shape index (κ3) is 2.58. The Kier molecular flexibility index (Phi) is 2.90. The van der Waals surface area contributed by atoms with Gasteiger partial charge in [-0.1, -0.05) is 19.4 Å². The van der Waals surface area contributed by atoms with Crippen molar-refractivity contribution in [3.63, 3.8) is 0 Å². The lowest BCUT2D eigenvalue weighted by Crippen LogP contribution is -1.84. The van der Waals surface area contributed by atoms with Gasteiger partial charge in [0.25, 0.3) is 5.88 Å². The molecule has 0 unspecified atom stereocenters. The molecular weight excluding hydrogens is 138 g/mol. The zero-order valence-corrected chi connectivity index (χ0v) is 6.71. The van der Waals surface area contributed by atoms with E-state index in [1.165, 1.54) is 18.9 Å². The molecule has 0 amide bonds. The largest absolute Gasteiger partial charge is 0.269 e. The number of aromatic nitrogens is 1. The van der Waals surface area contributed by atoms with Gasteiger partial charge < -0.3 is 0 Å². The third-order valence-corrected chi connectivity index (χ3v) is 1.62. The predicted molar refractivity (Wildman–Crippen MR) is 43.0 cm³/mol. The van der Waals surface area contributed by atoms with Gasteiger partial charge in [0, 0.05) is 12.3 Å². The summed E-state index contributed by atoms with van der Waals surface area (Å²) in [7, 11) is 0. The lowest BCUT2D eigenvalue weighted by atomic mass is 10.1. The Balaban J connectivity index is 2.52. The van der Waals surface area contributed by atoms with Crippen molar-refractivity contribution in [2.45, 2.75) is 26.2 Å². The van der Waals surface area contributed by atoms with Gasteiger partial charge in [0.1, 0.15) is 0 Å². The van der Waals surface area contributed by atoms with Crippen LogP contribution in [0.5, 0.6) is 5.88 Å². The van der Waals surface area contributed by atoms with E-state index < -0.39 is 0 Å². The van der Waals surface area contributed by atoms with Crippen molar-refractivity contribution in [1.29, 1.82) is 0 Å². The summed E-state index contributed by atoms with van der Waals surface area (Å²) in [6.07, 6.45) is 5.04. The van der Waals surface area contributed by atoms with E-state index in [2.05, 4.69) is 11.9 Å². The van der Waals surface area contributed by atoms with Gasteiger partial charge in [0.05, 0.1) is 0 Å². The van der Waals surface area contributed by atoms with Crippen LogP contribution in [0.2, 0.25) is 0 Å². The van der Waals surface area contributed by atoms with E-state index in [0.717, 1.165) is 12.0 Å². The Morgan fingerprint density at radius 3 is 2.82 bits per heavy atom. The van der Waals surface area contributed by atoms with Crippen LogP contribution in [0.25, 0.3) is 0 Å². The number of hydrogen-bond acceptors (Lipinski definition) is 1. The molecule has 1 aromatic heterocycles. The molecule has 1 aromatic rings. The normalized spacial score (nSPS) is 9.91. The third-order valence-electron chi connectivity index (χ3n) is 1.62. The Bertz CT molecular complexity index is 205. The molecule has 1 radical (unpaired) electrons. The van der Waals surface area contributed by atoms with Crippen LogP contribution in [0.4, 0.5) is 0 Å². The SMILES string of the molecule is CCCCc1ccc([O])nc1. The van der Waals surface area contributed by atoms with E-state index in [1.807, 2.05) is 6.07 Å². The van der Waals surface area contributed by atoms with Crippen LogP contribution in [0, 0.1) is 0 Å². The summed E-state index contributed by atoms with van der Waals surface area (Å²) < 4.78 is 0. The number of unbranched alkanes of at least 4 members (excludes halogenated alkanes) is 1. The zero-order valence-electron chi connectivity index (χ0n) is 6.71. The first kappa shape index (κ1) is 8.05. The molecule has 0 saturated carbocycles. The van der Waals surface area contributed by atoms with Crippen molar-refractivity contribution < 1.29 is 5.11 Å². The highest BCUT2D eigenvalue weighted by molar-refractivity contribution is 5.16. The van der Waals surface area contributed by atoms with Gasteiger partial charge in [-0.25, -0.2) is 4.98 Å². The molecule has 2 heteroatoms. The summed E-state index contributed by atoms with van der Waals surface area (Å²) in [5.41, 5.74) is 1.16. The monoisotopic (exact) mass is 150 g/mol. The smallest absolute Gasteiger partial charge is 0.267 e. The van der Waals surface area contributed by atoms with Crippen LogP contribution in [0.15, 0.2) is 18.3 Å². The summed E-state index contributed by atoms with van der Waals surface area (Å²) in [4.78, 5) is 3.68. The molecule has 0 spiro atoms. The Morgan fingerprint density at radius 2 is 2.27 bits per heavy atom. The molecule has 0 atom stereocenters. The predicted octanol–water partition coefficient (Wildman–Crippen LogP) is 2.57. The van der Waals surface area contributed by atoms with Crippen LogP contribution in [0.3, 0.4) is 0 Å². The molecule has 0 aromatic carbocycles. The van der Waals surface area contributed by atoms with E-state index in [9.17, 15) is 5.11 Å². The summed E-state index contributed by atoms with van der Waals surface area (Å²) in [5, 5.41) is 10.6. The Hall–Kier alpha value is -1.05. The first-order valence-electron chi connectivity index (χ1n) is 3.95. The van der Waals surface area contributed by atoms with Crippen LogP contribution in [0.1, 0.15) is 25.3 Å². The molecule has 2 nitrogen and oxygen atoms in total. The van der Waals surface area contributed by atoms with Crippen molar-refractivity contribution in [2.75, 3.05) is 0 Å². The molecule has 0 saturated heterocycles. The van der Waals surface area contributed by atoms with E-state index in [4.69, 9.17) is 0 Å². The Morgan fingerprint density at radius 1 is 1.45 bits per heavy atom. The maximum Gasteiger partial charge on any atom is 0.269 e. The molecule has 1 rings (SSSR count). The average Bonchev–Trinajstić information content (AvgIpc) is 2.04. The molecule has 0 aliphatic heterocycles. The number of aryl methyl sites for hydroxylation is 1. The topological polar surface area (TPSA) is 32.8 Å². The first-order valence-corrected chi connectivity index (χ1v) is 3.95. The van der Waals surface area contributed by atoms with Gasteiger partial charge in [0.2, 0.25) is 0 Å². The fraction of sp³-hybridized carbons (Fsp3) is 0.444. The zero-order chi connectivity index (χ0) is 8.10. The van der Waals surface area contributed by atoms with Gasteiger partial charge in [-0.3, -0.25) is 5.11 Å². The number of nitrogens with zero attached hydrogens (tertiary/aromatic N) is 1. The Labute approximate surface area is 66.9 Å². The number of hydrogen-bond donors (Lipinski definition) is 0. The van der Waals surface area contributed by atoms with Gasteiger partial charge in [0.15, 0.2) is 0 Å². The van der Waals surface area contributed by atoms with E-state index in [1.54, 1.807) is 6.20 Å². The van der Waals surface area contributed by atoms with Gasteiger partial charge in [-0.15, -0.1) is 0 Å². The average molecular weight is 150 g/mol. The van der Waals surface area contributed by atoms with Gasteiger partial charge in [-0.05, 0) is 18.4 Å². The van der Waals surface area contributed by atoms with E-state index >= 15 is 0 Å². The highest BCUT2D eigenvalue weighted by atomic mass is 16.3. The van der Waals surface area contributed by atoms with Crippen molar-refractivity contribution in [3.05, 3.63) is 23.9 Å². The second-order valence-corrected chi connectivity index (χ2v) is 2.61. The minimum atomic E-state index is -0.148. The van der Waals surface area contributed by atoms with Gasteiger partial charge >= 0.3 is 0 Å². The molecule has 0 fully saturated rings. The molecule has 1 heterocycles. The van der Waals surface area contributed by atoms with Crippen molar-refractivity contribution in [1.82, 2.24) is 4.98 Å². The summed E-state index contributed by atoms with van der Waals surface area (Å²) in [6, 6.07) is 3.37. The highest BCUT2D eigenvalue weighted by Crippen LogP contribution is 2.08. The van der Waals surface area contributed by atoms with E-state index in [-0.39, 0.29) is 5.88 Å². The fourth-order valence-electron chi connectivity index (χ4n) is 0.940. The molecule has 0 N–H and O–H groups in total. The molecular formula is C9H12NO. The van der Waals surface area contributed by atoms with Crippen molar-refractivity contribution in [3.8, 4) is 5.88 Å². The second-order valence-electron chi connectivity index (χ2n) is 2.61. The quantitative estimate of drug-likeness (QED) is 0.651. The van der Waals surface area contributed by atoms with Gasteiger partial charge in [-0.2, -0.15) is 0 Å². The van der Waals surface area contributed by atoms with Crippen LogP contribution >= 0.6 is 0 Å². The van der Waals surface area contributed by atoms with Crippen molar-refractivity contribution >= 4 is 0 Å². The maximum atomic E-state index is 10.6. The van der Waals surface area contributed by atoms with Crippen LogP contribution in [-0.4, -0.2) is 4.98 Å². The minimum Gasteiger partial charge on any atom is -0.267 e. The number of pyridine rings is 1.